The molecule has 2 heterocycles. The van der Waals surface area contributed by atoms with E-state index in [-0.39, 0.29) is 0 Å². The van der Waals surface area contributed by atoms with Crippen LogP contribution in [-0.4, -0.2) is 52.2 Å². The van der Waals surface area contributed by atoms with Gasteiger partial charge in [0.2, 0.25) is 11.8 Å². The van der Waals surface area contributed by atoms with Crippen LogP contribution in [0.15, 0.2) is 34.7 Å². The predicted molar refractivity (Wildman–Crippen MR) is 88.8 cm³/mol. The van der Waals surface area contributed by atoms with Gasteiger partial charge in [-0.3, -0.25) is 9.80 Å². The summed E-state index contributed by atoms with van der Waals surface area (Å²) in [6.07, 6.45) is 5.61. The molecule has 0 spiro atoms. The van der Waals surface area contributed by atoms with Crippen molar-refractivity contribution in [2.45, 2.75) is 38.3 Å². The zero-order chi connectivity index (χ0) is 15.5. The van der Waals surface area contributed by atoms with Crippen LogP contribution in [-0.2, 0) is 6.54 Å². The van der Waals surface area contributed by atoms with Crippen molar-refractivity contribution in [1.29, 1.82) is 0 Å². The molecule has 0 bridgehead atoms. The van der Waals surface area contributed by atoms with Crippen LogP contribution in [0.2, 0.25) is 0 Å². The van der Waals surface area contributed by atoms with Crippen molar-refractivity contribution in [3.05, 3.63) is 36.2 Å². The highest BCUT2D eigenvalue weighted by Gasteiger charge is 2.26. The lowest BCUT2D eigenvalue weighted by Crippen LogP contribution is -2.49. The number of nitrogens with zero attached hydrogens (tertiary/aromatic N) is 4. The second kappa shape index (κ2) is 6.81. The number of rotatable bonds is 4. The fraction of sp³-hybridized carbons (Fsp3) is 0.556. The first-order valence-electron chi connectivity index (χ1n) is 8.73. The Labute approximate surface area is 137 Å². The fourth-order valence-corrected chi connectivity index (χ4v) is 3.76. The summed E-state index contributed by atoms with van der Waals surface area (Å²) < 4.78 is 5.82. The Morgan fingerprint density at radius 1 is 0.957 bits per heavy atom. The molecular formula is C18H24N4O. The topological polar surface area (TPSA) is 45.4 Å². The van der Waals surface area contributed by atoms with Gasteiger partial charge in [-0.1, -0.05) is 31.0 Å². The SMILES string of the molecule is c1ccc(-c2nnc(CN3CCN(C4CCCC4)CC3)o2)cc1. The number of hydrogen-bond donors (Lipinski definition) is 0. The van der Waals surface area contributed by atoms with Crippen molar-refractivity contribution in [3.8, 4) is 11.5 Å². The van der Waals surface area contributed by atoms with Crippen molar-refractivity contribution in [3.63, 3.8) is 0 Å². The molecule has 5 heteroatoms. The van der Waals surface area contributed by atoms with Crippen LogP contribution in [0.3, 0.4) is 0 Å². The first kappa shape index (κ1) is 14.8. The highest BCUT2D eigenvalue weighted by molar-refractivity contribution is 5.51. The minimum atomic E-state index is 0.616. The average molecular weight is 312 g/mol. The minimum absolute atomic E-state index is 0.616. The van der Waals surface area contributed by atoms with Crippen molar-refractivity contribution >= 4 is 0 Å². The van der Waals surface area contributed by atoms with Crippen LogP contribution in [0, 0.1) is 0 Å². The van der Waals surface area contributed by atoms with Gasteiger partial charge in [-0.15, -0.1) is 10.2 Å². The van der Waals surface area contributed by atoms with Gasteiger partial charge in [0.05, 0.1) is 6.54 Å². The molecule has 0 radical (unpaired) electrons. The van der Waals surface area contributed by atoms with Crippen LogP contribution in [0.25, 0.3) is 11.5 Å². The molecule has 2 aliphatic rings. The largest absolute Gasteiger partial charge is 0.419 e. The molecule has 0 unspecified atom stereocenters. The summed E-state index contributed by atoms with van der Waals surface area (Å²) in [5.74, 6) is 1.34. The molecule has 1 aliphatic carbocycles. The Kier molecular flexibility index (Phi) is 4.39. The zero-order valence-electron chi connectivity index (χ0n) is 13.5. The van der Waals surface area contributed by atoms with E-state index in [4.69, 9.17) is 4.42 Å². The quantitative estimate of drug-likeness (QED) is 0.868. The Morgan fingerprint density at radius 2 is 1.70 bits per heavy atom. The lowest BCUT2D eigenvalue weighted by Gasteiger charge is -2.37. The van der Waals surface area contributed by atoms with Crippen LogP contribution in [0.4, 0.5) is 0 Å². The Bertz CT molecular complexity index is 613. The van der Waals surface area contributed by atoms with Crippen molar-refractivity contribution < 1.29 is 4.42 Å². The van der Waals surface area contributed by atoms with Crippen molar-refractivity contribution in [2.24, 2.45) is 0 Å². The van der Waals surface area contributed by atoms with Gasteiger partial charge in [0.15, 0.2) is 0 Å². The monoisotopic (exact) mass is 312 g/mol. The third-order valence-corrected chi connectivity index (χ3v) is 5.09. The summed E-state index contributed by atoms with van der Waals surface area (Å²) >= 11 is 0. The van der Waals surface area contributed by atoms with Gasteiger partial charge < -0.3 is 4.42 Å². The van der Waals surface area contributed by atoms with Crippen LogP contribution in [0.1, 0.15) is 31.6 Å². The second-order valence-corrected chi connectivity index (χ2v) is 6.62. The molecule has 2 aromatic rings. The average Bonchev–Trinajstić information content (AvgIpc) is 3.28. The molecule has 0 atom stereocenters. The van der Waals surface area contributed by atoms with Crippen molar-refractivity contribution in [2.75, 3.05) is 26.2 Å². The molecule has 1 saturated heterocycles. The molecular weight excluding hydrogens is 288 g/mol. The van der Waals surface area contributed by atoms with E-state index in [9.17, 15) is 0 Å². The van der Waals surface area contributed by atoms with Gasteiger partial charge in [0.25, 0.3) is 0 Å². The lowest BCUT2D eigenvalue weighted by molar-refractivity contribution is 0.0884. The normalized spacial score (nSPS) is 21.0. The third kappa shape index (κ3) is 3.46. The highest BCUT2D eigenvalue weighted by Crippen LogP contribution is 2.24. The summed E-state index contributed by atoms with van der Waals surface area (Å²) in [6, 6.07) is 10.8. The van der Waals surface area contributed by atoms with Gasteiger partial charge in [-0.25, -0.2) is 0 Å². The zero-order valence-corrected chi connectivity index (χ0v) is 13.5. The van der Waals surface area contributed by atoms with Crippen LogP contribution in [0.5, 0.6) is 0 Å². The van der Waals surface area contributed by atoms with Crippen molar-refractivity contribution in [1.82, 2.24) is 20.0 Å². The number of hydrogen-bond acceptors (Lipinski definition) is 5. The highest BCUT2D eigenvalue weighted by atomic mass is 16.4. The van der Waals surface area contributed by atoms with E-state index >= 15 is 0 Å². The minimum Gasteiger partial charge on any atom is -0.419 e. The van der Waals surface area contributed by atoms with Crippen LogP contribution < -0.4 is 0 Å². The Balaban J connectivity index is 1.32. The molecule has 0 N–H and O–H groups in total. The molecule has 0 amide bonds. The first-order chi connectivity index (χ1) is 11.4. The molecule has 1 saturated carbocycles. The number of aromatic nitrogens is 2. The second-order valence-electron chi connectivity index (χ2n) is 6.62. The van der Waals surface area contributed by atoms with E-state index in [2.05, 4.69) is 20.0 Å². The molecule has 23 heavy (non-hydrogen) atoms. The van der Waals surface area contributed by atoms with E-state index < -0.39 is 0 Å². The molecule has 1 aromatic carbocycles. The lowest BCUT2D eigenvalue weighted by atomic mass is 10.2. The molecule has 5 nitrogen and oxygen atoms in total. The summed E-state index contributed by atoms with van der Waals surface area (Å²) in [4.78, 5) is 5.10. The van der Waals surface area contributed by atoms with Gasteiger partial charge in [0.1, 0.15) is 0 Å². The molecule has 4 rings (SSSR count). The van der Waals surface area contributed by atoms with E-state index in [1.165, 1.54) is 38.8 Å². The van der Waals surface area contributed by atoms with E-state index in [0.717, 1.165) is 37.1 Å². The maximum absolute atomic E-state index is 5.82. The van der Waals surface area contributed by atoms with Crippen LogP contribution >= 0.6 is 0 Å². The fourth-order valence-electron chi connectivity index (χ4n) is 3.76. The standard InChI is InChI=1S/C18H24N4O/c1-2-6-15(7-3-1)18-20-19-17(23-18)14-21-10-12-22(13-11-21)16-8-4-5-9-16/h1-3,6-7,16H,4-5,8-14H2. The van der Waals surface area contributed by atoms with E-state index in [1.807, 2.05) is 30.3 Å². The Morgan fingerprint density at radius 3 is 2.43 bits per heavy atom. The summed E-state index contributed by atoms with van der Waals surface area (Å²) in [5.41, 5.74) is 0.984. The van der Waals surface area contributed by atoms with Gasteiger partial charge >= 0.3 is 0 Å². The maximum atomic E-state index is 5.82. The van der Waals surface area contributed by atoms with E-state index in [1.54, 1.807) is 0 Å². The summed E-state index contributed by atoms with van der Waals surface area (Å²) in [5, 5.41) is 8.39. The smallest absolute Gasteiger partial charge is 0.247 e. The maximum Gasteiger partial charge on any atom is 0.247 e. The molecule has 1 aliphatic heterocycles. The van der Waals surface area contributed by atoms with Gasteiger partial charge in [-0.05, 0) is 25.0 Å². The summed E-state index contributed by atoms with van der Waals surface area (Å²) in [7, 11) is 0. The summed E-state index contributed by atoms with van der Waals surface area (Å²) in [6.45, 7) is 5.30. The third-order valence-electron chi connectivity index (χ3n) is 5.09. The molecule has 1 aromatic heterocycles. The van der Waals surface area contributed by atoms with Gasteiger partial charge in [0, 0.05) is 37.8 Å². The van der Waals surface area contributed by atoms with Gasteiger partial charge in [-0.2, -0.15) is 0 Å². The Hall–Kier alpha value is -1.72. The molecule has 122 valence electrons. The number of benzene rings is 1. The first-order valence-corrected chi connectivity index (χ1v) is 8.73. The van der Waals surface area contributed by atoms with E-state index in [0.29, 0.717) is 5.89 Å². The number of piperazine rings is 1. The molecule has 2 fully saturated rings. The predicted octanol–water partition coefficient (Wildman–Crippen LogP) is 2.80.